The molecule has 0 fully saturated rings. The van der Waals surface area contributed by atoms with Gasteiger partial charge in [0, 0.05) is 22.9 Å². The summed E-state index contributed by atoms with van der Waals surface area (Å²) in [6.45, 7) is 1.79. The number of ketones is 1. The highest BCUT2D eigenvalue weighted by molar-refractivity contribution is 9.10. The van der Waals surface area contributed by atoms with Crippen molar-refractivity contribution in [2.45, 2.75) is 19.8 Å². The molecule has 0 amide bonds. The highest BCUT2D eigenvalue weighted by Gasteiger charge is 2.11. The van der Waals surface area contributed by atoms with E-state index in [4.69, 9.17) is 11.6 Å². The summed E-state index contributed by atoms with van der Waals surface area (Å²) >= 11 is 8.99. The van der Waals surface area contributed by atoms with Gasteiger partial charge in [0.25, 0.3) is 0 Å². The first-order valence-corrected chi connectivity index (χ1v) is 5.41. The van der Waals surface area contributed by atoms with Gasteiger partial charge in [0.2, 0.25) is 0 Å². The van der Waals surface area contributed by atoms with Crippen molar-refractivity contribution >= 4 is 33.3 Å². The zero-order valence-electron chi connectivity index (χ0n) is 7.68. The summed E-state index contributed by atoms with van der Waals surface area (Å²) in [5.74, 6) is 0.0709. The van der Waals surface area contributed by atoms with Crippen molar-refractivity contribution in [2.75, 3.05) is 0 Å². The van der Waals surface area contributed by atoms with Gasteiger partial charge in [0.1, 0.15) is 11.5 Å². The Morgan fingerprint density at radius 2 is 2.21 bits per heavy atom. The molecule has 0 radical (unpaired) electrons. The highest BCUT2D eigenvalue weighted by atomic mass is 79.9. The minimum absolute atomic E-state index is 0.0113. The number of aromatic hydroxyl groups is 1. The van der Waals surface area contributed by atoms with Crippen LogP contribution in [0, 0.1) is 0 Å². The molecule has 1 aromatic rings. The van der Waals surface area contributed by atoms with Gasteiger partial charge >= 0.3 is 0 Å². The molecule has 1 rings (SSSR count). The van der Waals surface area contributed by atoms with E-state index in [1.165, 1.54) is 0 Å². The minimum atomic E-state index is -0.0113. The third-order valence-electron chi connectivity index (χ3n) is 1.93. The Kier molecular flexibility index (Phi) is 3.96. The topological polar surface area (TPSA) is 37.3 Å². The zero-order chi connectivity index (χ0) is 10.7. The molecule has 4 heteroatoms. The molecule has 1 N–H and O–H groups in total. The van der Waals surface area contributed by atoms with Gasteiger partial charge in [0.05, 0.1) is 5.02 Å². The number of phenols is 1. The van der Waals surface area contributed by atoms with Crippen LogP contribution in [0.25, 0.3) is 0 Å². The van der Waals surface area contributed by atoms with Crippen molar-refractivity contribution in [3.63, 3.8) is 0 Å². The van der Waals surface area contributed by atoms with Crippen molar-refractivity contribution in [3.8, 4) is 5.75 Å². The first-order valence-electron chi connectivity index (χ1n) is 4.23. The van der Waals surface area contributed by atoms with Crippen LogP contribution in [0.1, 0.15) is 18.9 Å². The fourth-order valence-electron chi connectivity index (χ4n) is 1.06. The lowest BCUT2D eigenvalue weighted by molar-refractivity contribution is -0.118. The Hall–Kier alpha value is -0.540. The normalized spacial score (nSPS) is 10.2. The van der Waals surface area contributed by atoms with E-state index >= 15 is 0 Å². The Labute approximate surface area is 96.0 Å². The molecule has 14 heavy (non-hydrogen) atoms. The van der Waals surface area contributed by atoms with E-state index in [9.17, 15) is 9.90 Å². The van der Waals surface area contributed by atoms with Crippen LogP contribution < -0.4 is 0 Å². The molecule has 1 aromatic carbocycles. The maximum Gasteiger partial charge on any atom is 0.138 e. The number of rotatable bonds is 3. The van der Waals surface area contributed by atoms with Crippen LogP contribution in [0.4, 0.5) is 0 Å². The highest BCUT2D eigenvalue weighted by Crippen LogP contribution is 2.34. The summed E-state index contributed by atoms with van der Waals surface area (Å²) in [5.41, 5.74) is 0.574. The van der Waals surface area contributed by atoms with Crippen molar-refractivity contribution < 1.29 is 9.90 Å². The van der Waals surface area contributed by atoms with Crippen molar-refractivity contribution in [1.82, 2.24) is 0 Å². The summed E-state index contributed by atoms with van der Waals surface area (Å²) < 4.78 is 0.629. The molecular formula is C10H10BrClO2. The van der Waals surface area contributed by atoms with Gasteiger partial charge in [-0.2, -0.15) is 0 Å². The number of hydrogen-bond acceptors (Lipinski definition) is 2. The Morgan fingerprint density at radius 3 is 2.79 bits per heavy atom. The lowest BCUT2D eigenvalue weighted by atomic mass is 10.1. The summed E-state index contributed by atoms with van der Waals surface area (Å²) in [5, 5.41) is 9.86. The fourth-order valence-corrected chi connectivity index (χ4v) is 1.56. The smallest absolute Gasteiger partial charge is 0.138 e. The summed E-state index contributed by atoms with van der Waals surface area (Å²) in [6.07, 6.45) is 0.697. The molecule has 0 aromatic heterocycles. The lowest BCUT2D eigenvalue weighted by Crippen LogP contribution is -2.00. The Balaban J connectivity index is 3.00. The van der Waals surface area contributed by atoms with Gasteiger partial charge in [-0.1, -0.05) is 24.6 Å². The molecule has 0 spiro atoms. The molecule has 76 valence electrons. The largest absolute Gasteiger partial charge is 0.506 e. The molecule has 0 atom stereocenters. The SMILES string of the molecule is CCC(=O)Cc1ccc(Br)c(Cl)c1O. The number of carbonyl (C=O) groups is 1. The van der Waals surface area contributed by atoms with E-state index in [0.29, 0.717) is 16.5 Å². The number of benzene rings is 1. The second-order valence-electron chi connectivity index (χ2n) is 2.94. The maximum absolute atomic E-state index is 11.2. The van der Waals surface area contributed by atoms with E-state index in [-0.39, 0.29) is 23.0 Å². The average molecular weight is 278 g/mol. The predicted octanol–water partition coefficient (Wildman–Crippen LogP) is 3.33. The van der Waals surface area contributed by atoms with Crippen LogP contribution in [0.3, 0.4) is 0 Å². The zero-order valence-corrected chi connectivity index (χ0v) is 10.0. The third-order valence-corrected chi connectivity index (χ3v) is 3.21. The van der Waals surface area contributed by atoms with Crippen LogP contribution in [-0.2, 0) is 11.2 Å². The number of phenolic OH excluding ortho intramolecular Hbond substituents is 1. The van der Waals surface area contributed by atoms with Gasteiger partial charge in [-0.05, 0) is 22.0 Å². The summed E-state index contributed by atoms with van der Waals surface area (Å²) in [7, 11) is 0. The maximum atomic E-state index is 11.2. The fraction of sp³-hybridized carbons (Fsp3) is 0.300. The van der Waals surface area contributed by atoms with Crippen LogP contribution >= 0.6 is 27.5 Å². The lowest BCUT2D eigenvalue weighted by Gasteiger charge is -2.06. The predicted molar refractivity (Wildman–Crippen MR) is 59.8 cm³/mol. The van der Waals surface area contributed by atoms with Gasteiger partial charge in [-0.15, -0.1) is 0 Å². The number of halogens is 2. The summed E-state index contributed by atoms with van der Waals surface area (Å²) in [4.78, 5) is 11.2. The molecule has 0 saturated carbocycles. The molecule has 2 nitrogen and oxygen atoms in total. The van der Waals surface area contributed by atoms with Gasteiger partial charge in [-0.25, -0.2) is 0 Å². The van der Waals surface area contributed by atoms with E-state index in [1.807, 2.05) is 0 Å². The second kappa shape index (κ2) is 4.80. The van der Waals surface area contributed by atoms with Crippen molar-refractivity contribution in [1.29, 1.82) is 0 Å². The number of hydrogen-bond donors (Lipinski definition) is 1. The number of Topliss-reactive ketones (excluding diaryl/α,β-unsaturated/α-hetero) is 1. The first-order chi connectivity index (χ1) is 6.56. The molecule has 0 bridgehead atoms. The second-order valence-corrected chi connectivity index (χ2v) is 4.17. The minimum Gasteiger partial charge on any atom is -0.506 e. The van der Waals surface area contributed by atoms with Crippen LogP contribution in [0.5, 0.6) is 5.75 Å². The average Bonchev–Trinajstić information content (AvgIpc) is 2.19. The first kappa shape index (κ1) is 11.5. The Bertz CT molecular complexity index is 363. The third kappa shape index (κ3) is 2.49. The van der Waals surface area contributed by atoms with Gasteiger partial charge < -0.3 is 5.11 Å². The molecule has 0 aliphatic rings. The van der Waals surface area contributed by atoms with E-state index in [1.54, 1.807) is 19.1 Å². The van der Waals surface area contributed by atoms with Gasteiger partial charge in [-0.3, -0.25) is 4.79 Å². The number of carbonyl (C=O) groups excluding carboxylic acids is 1. The van der Waals surface area contributed by atoms with E-state index < -0.39 is 0 Å². The van der Waals surface area contributed by atoms with E-state index in [2.05, 4.69) is 15.9 Å². The molecular weight excluding hydrogens is 267 g/mol. The Morgan fingerprint density at radius 1 is 1.57 bits per heavy atom. The molecule has 0 unspecified atom stereocenters. The van der Waals surface area contributed by atoms with Crippen molar-refractivity contribution in [2.24, 2.45) is 0 Å². The van der Waals surface area contributed by atoms with Crippen molar-refractivity contribution in [3.05, 3.63) is 27.2 Å². The molecule has 0 heterocycles. The monoisotopic (exact) mass is 276 g/mol. The van der Waals surface area contributed by atoms with Crippen LogP contribution in [-0.4, -0.2) is 10.9 Å². The van der Waals surface area contributed by atoms with Crippen LogP contribution in [0.15, 0.2) is 16.6 Å². The standard InChI is InChI=1S/C10H10BrClO2/c1-2-7(13)5-6-3-4-8(11)9(12)10(6)14/h3-4,14H,2,5H2,1H3. The quantitative estimate of drug-likeness (QED) is 0.920. The van der Waals surface area contributed by atoms with Gasteiger partial charge in [0.15, 0.2) is 0 Å². The van der Waals surface area contributed by atoms with Crippen LogP contribution in [0.2, 0.25) is 5.02 Å². The summed E-state index contributed by atoms with van der Waals surface area (Å²) in [6, 6.07) is 3.42. The molecule has 0 aliphatic carbocycles. The molecule has 0 aliphatic heterocycles. The van der Waals surface area contributed by atoms with E-state index in [0.717, 1.165) is 0 Å². The molecule has 0 saturated heterocycles.